The summed E-state index contributed by atoms with van der Waals surface area (Å²) < 4.78 is 35.3. The van der Waals surface area contributed by atoms with E-state index in [0.717, 1.165) is 0 Å². The van der Waals surface area contributed by atoms with E-state index >= 15 is 0 Å². The van der Waals surface area contributed by atoms with Crippen molar-refractivity contribution in [2.45, 2.75) is 57.9 Å². The van der Waals surface area contributed by atoms with Crippen LogP contribution in [-0.2, 0) is 0 Å². The highest BCUT2D eigenvalue weighted by Gasteiger charge is 2.26. The number of nitrogens with one attached hydrogen (secondary N) is 1. The predicted octanol–water partition coefficient (Wildman–Crippen LogP) is 2.47. The Bertz CT molecular complexity index is 174. The third-order valence-corrected chi connectivity index (χ3v) is 2.40. The lowest BCUT2D eigenvalue weighted by atomic mass is 10.0. The minimum Gasteiger partial charge on any atom is -0.389 e. The second kappa shape index (κ2) is 5.70. The van der Waals surface area contributed by atoms with Gasteiger partial charge in [-0.15, -0.1) is 0 Å². The van der Waals surface area contributed by atoms with E-state index in [4.69, 9.17) is 0 Å². The third kappa shape index (κ3) is 8.69. The molecule has 1 unspecified atom stereocenters. The molecule has 0 saturated carbocycles. The van der Waals surface area contributed by atoms with Gasteiger partial charge in [0.05, 0.1) is 5.60 Å². The molecule has 0 aliphatic rings. The van der Waals surface area contributed by atoms with Crippen LogP contribution in [0.4, 0.5) is 13.2 Å². The van der Waals surface area contributed by atoms with E-state index in [1.54, 1.807) is 13.8 Å². The minimum absolute atomic E-state index is 0.122. The average Bonchev–Trinajstić information content (AvgIpc) is 1.99. The van der Waals surface area contributed by atoms with E-state index in [2.05, 4.69) is 5.32 Å². The molecule has 0 rings (SSSR count). The molecule has 0 heterocycles. The quantitative estimate of drug-likeness (QED) is 0.683. The zero-order valence-electron chi connectivity index (χ0n) is 9.49. The van der Waals surface area contributed by atoms with Crippen LogP contribution in [0.2, 0.25) is 0 Å². The fraction of sp³-hybridized carbons (Fsp3) is 1.00. The molecule has 0 aromatic carbocycles. The summed E-state index contributed by atoms with van der Waals surface area (Å²) in [5, 5.41) is 12.5. The molecule has 1 atom stereocenters. The fourth-order valence-electron chi connectivity index (χ4n) is 1.02. The van der Waals surface area contributed by atoms with Crippen LogP contribution in [-0.4, -0.2) is 29.5 Å². The smallest absolute Gasteiger partial charge is 0.389 e. The van der Waals surface area contributed by atoms with Crippen molar-refractivity contribution in [1.82, 2.24) is 5.32 Å². The van der Waals surface area contributed by atoms with E-state index in [0.29, 0.717) is 13.0 Å². The first kappa shape index (κ1) is 14.7. The van der Waals surface area contributed by atoms with Crippen molar-refractivity contribution in [1.29, 1.82) is 0 Å². The maximum absolute atomic E-state index is 11.8. The summed E-state index contributed by atoms with van der Waals surface area (Å²) in [4.78, 5) is 0. The Morgan fingerprint density at radius 2 is 1.73 bits per heavy atom. The number of hydrogen-bond acceptors (Lipinski definition) is 2. The molecule has 0 aliphatic carbocycles. The van der Waals surface area contributed by atoms with Gasteiger partial charge in [-0.2, -0.15) is 13.2 Å². The van der Waals surface area contributed by atoms with Gasteiger partial charge in [-0.25, -0.2) is 0 Å². The van der Waals surface area contributed by atoms with Crippen molar-refractivity contribution in [3.05, 3.63) is 0 Å². The van der Waals surface area contributed by atoms with Gasteiger partial charge in [-0.3, -0.25) is 0 Å². The Labute approximate surface area is 88.9 Å². The number of halogens is 3. The first-order chi connectivity index (χ1) is 6.63. The Balaban J connectivity index is 3.48. The van der Waals surface area contributed by atoms with Crippen molar-refractivity contribution < 1.29 is 18.3 Å². The molecule has 5 heteroatoms. The molecule has 0 aromatic heterocycles. The summed E-state index contributed by atoms with van der Waals surface area (Å²) in [6.45, 7) is 5.64. The van der Waals surface area contributed by atoms with Crippen molar-refractivity contribution in [2.24, 2.45) is 0 Å². The second-order valence-corrected chi connectivity index (χ2v) is 4.40. The molecule has 2 N–H and O–H groups in total. The van der Waals surface area contributed by atoms with Gasteiger partial charge in [-0.1, -0.05) is 0 Å². The van der Waals surface area contributed by atoms with Gasteiger partial charge in [0.15, 0.2) is 0 Å². The Kier molecular flexibility index (Phi) is 5.59. The Morgan fingerprint density at radius 1 is 1.20 bits per heavy atom. The second-order valence-electron chi connectivity index (χ2n) is 4.40. The van der Waals surface area contributed by atoms with Gasteiger partial charge in [-0.05, 0) is 40.2 Å². The zero-order valence-corrected chi connectivity index (χ0v) is 9.49. The molecule has 0 saturated heterocycles. The van der Waals surface area contributed by atoms with Crippen molar-refractivity contribution in [2.75, 3.05) is 6.54 Å². The van der Waals surface area contributed by atoms with E-state index in [-0.39, 0.29) is 12.5 Å². The molecule has 15 heavy (non-hydrogen) atoms. The molecule has 0 bridgehead atoms. The number of alkyl halides is 3. The van der Waals surface area contributed by atoms with Crippen LogP contribution in [0.15, 0.2) is 0 Å². The molecule has 0 aromatic rings. The number of hydrogen-bond donors (Lipinski definition) is 2. The number of rotatable bonds is 6. The van der Waals surface area contributed by atoms with Gasteiger partial charge in [0.25, 0.3) is 0 Å². The van der Waals surface area contributed by atoms with Crippen LogP contribution >= 0.6 is 0 Å². The van der Waals surface area contributed by atoms with Crippen LogP contribution in [0, 0.1) is 0 Å². The van der Waals surface area contributed by atoms with E-state index < -0.39 is 18.2 Å². The largest absolute Gasteiger partial charge is 0.389 e. The SMILES string of the molecule is CC(NCCCCC(F)(F)F)C(C)(C)O. The van der Waals surface area contributed by atoms with Gasteiger partial charge in [0.2, 0.25) is 0 Å². The molecule has 2 nitrogen and oxygen atoms in total. The van der Waals surface area contributed by atoms with Crippen molar-refractivity contribution in [3.8, 4) is 0 Å². The molecule has 0 fully saturated rings. The summed E-state index contributed by atoms with van der Waals surface area (Å²) in [5.74, 6) is 0. The molecule has 0 amide bonds. The van der Waals surface area contributed by atoms with E-state index in [1.165, 1.54) is 0 Å². The first-order valence-corrected chi connectivity index (χ1v) is 5.15. The standard InChI is InChI=1S/C10H20F3NO/c1-8(9(2,3)15)14-7-5-4-6-10(11,12)13/h8,14-15H,4-7H2,1-3H3. The van der Waals surface area contributed by atoms with Crippen LogP contribution in [0.5, 0.6) is 0 Å². The van der Waals surface area contributed by atoms with Gasteiger partial charge in [0, 0.05) is 12.5 Å². The van der Waals surface area contributed by atoms with Crippen LogP contribution in [0.1, 0.15) is 40.0 Å². The van der Waals surface area contributed by atoms with Crippen LogP contribution in [0.3, 0.4) is 0 Å². The highest BCUT2D eigenvalue weighted by atomic mass is 19.4. The number of aliphatic hydroxyl groups is 1. The third-order valence-electron chi connectivity index (χ3n) is 2.40. The molecule has 0 radical (unpaired) electrons. The molecular weight excluding hydrogens is 207 g/mol. The highest BCUT2D eigenvalue weighted by molar-refractivity contribution is 4.79. The molecular formula is C10H20F3NO. The molecule has 92 valence electrons. The monoisotopic (exact) mass is 227 g/mol. The lowest BCUT2D eigenvalue weighted by Gasteiger charge is -2.26. The molecule has 0 spiro atoms. The Hall–Kier alpha value is -0.290. The summed E-state index contributed by atoms with van der Waals surface area (Å²) >= 11 is 0. The summed E-state index contributed by atoms with van der Waals surface area (Å²) in [6.07, 6.45) is -4.18. The lowest BCUT2D eigenvalue weighted by molar-refractivity contribution is -0.135. The minimum atomic E-state index is -4.05. The highest BCUT2D eigenvalue weighted by Crippen LogP contribution is 2.21. The summed E-state index contributed by atoms with van der Waals surface area (Å²) in [6, 6.07) is -0.122. The van der Waals surface area contributed by atoms with Gasteiger partial charge < -0.3 is 10.4 Å². The van der Waals surface area contributed by atoms with Gasteiger partial charge >= 0.3 is 6.18 Å². The maximum atomic E-state index is 11.8. The van der Waals surface area contributed by atoms with E-state index in [1.807, 2.05) is 6.92 Å². The fourth-order valence-corrected chi connectivity index (χ4v) is 1.02. The van der Waals surface area contributed by atoms with E-state index in [9.17, 15) is 18.3 Å². The summed E-state index contributed by atoms with van der Waals surface area (Å²) in [7, 11) is 0. The van der Waals surface area contributed by atoms with Crippen LogP contribution < -0.4 is 5.32 Å². The summed E-state index contributed by atoms with van der Waals surface area (Å²) in [5.41, 5.74) is -0.843. The van der Waals surface area contributed by atoms with Crippen molar-refractivity contribution >= 4 is 0 Å². The maximum Gasteiger partial charge on any atom is 0.389 e. The topological polar surface area (TPSA) is 32.3 Å². The van der Waals surface area contributed by atoms with Gasteiger partial charge in [0.1, 0.15) is 0 Å². The first-order valence-electron chi connectivity index (χ1n) is 5.15. The zero-order chi connectivity index (χ0) is 12.1. The lowest BCUT2D eigenvalue weighted by Crippen LogP contribution is -2.44. The molecule has 0 aliphatic heterocycles. The van der Waals surface area contributed by atoms with Crippen molar-refractivity contribution in [3.63, 3.8) is 0 Å². The number of unbranched alkanes of at least 4 members (excludes halogenated alkanes) is 1. The van der Waals surface area contributed by atoms with Crippen LogP contribution in [0.25, 0.3) is 0 Å². The normalized spacial score (nSPS) is 15.4. The average molecular weight is 227 g/mol. The Morgan fingerprint density at radius 3 is 2.13 bits per heavy atom. The predicted molar refractivity (Wildman–Crippen MR) is 53.7 cm³/mol.